The number of carboxylic acid groups (broad SMARTS) is 2. The molecule has 6 heteroatoms. The Morgan fingerprint density at radius 3 is 1.09 bits per heavy atom. The molecule has 22 heavy (non-hydrogen) atoms. The van der Waals surface area contributed by atoms with Crippen LogP contribution in [-0.2, 0) is 9.59 Å². The van der Waals surface area contributed by atoms with Gasteiger partial charge in [0.05, 0.1) is 6.23 Å². The highest BCUT2D eigenvalue weighted by molar-refractivity contribution is 5.66. The van der Waals surface area contributed by atoms with Crippen molar-refractivity contribution in [3.8, 4) is 0 Å². The van der Waals surface area contributed by atoms with Crippen molar-refractivity contribution in [1.82, 2.24) is 0 Å². The molecule has 0 aliphatic heterocycles. The summed E-state index contributed by atoms with van der Waals surface area (Å²) in [4.78, 5) is 20.5. The van der Waals surface area contributed by atoms with E-state index in [9.17, 15) is 9.59 Å². The molecule has 1 unspecified atom stereocenters. The van der Waals surface area contributed by atoms with Gasteiger partial charge in [-0.05, 0) is 19.8 Å². The Kier molecular flexibility index (Phi) is 18.8. The second-order valence-electron chi connectivity index (χ2n) is 5.56. The second kappa shape index (κ2) is 17.9. The zero-order valence-electron chi connectivity index (χ0n) is 13.8. The molecule has 0 aliphatic carbocycles. The third kappa shape index (κ3) is 31.3. The molecule has 0 aromatic rings. The summed E-state index contributed by atoms with van der Waals surface area (Å²) in [6.45, 7) is 1.50. The average molecular weight is 319 g/mol. The van der Waals surface area contributed by atoms with Crippen LogP contribution in [0.3, 0.4) is 0 Å². The largest absolute Gasteiger partial charge is 0.481 e. The fraction of sp³-hybridized carbons (Fsp3) is 0.875. The van der Waals surface area contributed by atoms with Crippen LogP contribution in [0.5, 0.6) is 0 Å². The molecule has 0 heterocycles. The maximum atomic E-state index is 10.3. The summed E-state index contributed by atoms with van der Waals surface area (Å²) >= 11 is 0. The maximum Gasteiger partial charge on any atom is 0.303 e. The molecule has 1 atom stereocenters. The van der Waals surface area contributed by atoms with Crippen LogP contribution in [0.1, 0.15) is 84.0 Å². The number of hydrogen-bond donors (Lipinski definition) is 4. The fourth-order valence-corrected chi connectivity index (χ4v) is 1.97. The Morgan fingerprint density at radius 2 is 0.909 bits per heavy atom. The predicted octanol–water partition coefficient (Wildman–Crippen LogP) is 3.12. The topological polar surface area (TPSA) is 121 Å². The lowest BCUT2D eigenvalue weighted by molar-refractivity contribution is -0.138. The quantitative estimate of drug-likeness (QED) is 0.306. The first-order valence-electron chi connectivity index (χ1n) is 8.23. The first-order chi connectivity index (χ1) is 10.4. The van der Waals surface area contributed by atoms with Gasteiger partial charge >= 0.3 is 11.9 Å². The van der Waals surface area contributed by atoms with Gasteiger partial charge in [0.15, 0.2) is 0 Å². The number of aliphatic hydroxyl groups is 1. The van der Waals surface area contributed by atoms with E-state index < -0.39 is 18.2 Å². The monoisotopic (exact) mass is 319 g/mol. The molecule has 0 rings (SSSR count). The minimum absolute atomic E-state index is 0.295. The predicted molar refractivity (Wildman–Crippen MR) is 86.5 cm³/mol. The minimum Gasteiger partial charge on any atom is -0.481 e. The van der Waals surface area contributed by atoms with Crippen LogP contribution in [0.25, 0.3) is 0 Å². The van der Waals surface area contributed by atoms with Crippen LogP contribution in [-0.4, -0.2) is 33.5 Å². The first kappa shape index (κ1) is 23.1. The summed E-state index contributed by atoms with van der Waals surface area (Å²) in [5, 5.41) is 24.7. The van der Waals surface area contributed by atoms with Gasteiger partial charge in [-0.1, -0.05) is 51.4 Å². The Labute approximate surface area is 133 Å². The van der Waals surface area contributed by atoms with E-state index in [2.05, 4.69) is 5.73 Å². The van der Waals surface area contributed by atoms with E-state index in [4.69, 9.17) is 15.3 Å². The highest BCUT2D eigenvalue weighted by atomic mass is 16.4. The molecule has 0 aromatic carbocycles. The SMILES string of the molecule is CC(N)O.O=C(O)CCCCCCCCCCCCC(=O)O. The number of aliphatic carboxylic acids is 2. The number of rotatable bonds is 13. The Hall–Kier alpha value is -1.14. The summed E-state index contributed by atoms with van der Waals surface area (Å²) < 4.78 is 0. The molecule has 6 nitrogen and oxygen atoms in total. The molecule has 0 spiro atoms. The van der Waals surface area contributed by atoms with Gasteiger partial charge in [-0.15, -0.1) is 0 Å². The highest BCUT2D eigenvalue weighted by Gasteiger charge is 1.98. The number of carboxylic acids is 2. The van der Waals surface area contributed by atoms with Gasteiger partial charge in [-0.2, -0.15) is 0 Å². The standard InChI is InChI=1S/C14H26O4.C2H7NO/c15-13(16)11-9-7-5-3-1-2-4-6-8-10-12-14(17)18;1-2(3)4/h1-12H2,(H,15,16)(H,17,18);2,4H,3H2,1H3. The Bertz CT molecular complexity index is 243. The summed E-state index contributed by atoms with van der Waals surface area (Å²) in [6, 6.07) is 0. The molecule has 0 fully saturated rings. The molecule has 0 bridgehead atoms. The maximum absolute atomic E-state index is 10.3. The van der Waals surface area contributed by atoms with Crippen molar-refractivity contribution in [2.45, 2.75) is 90.2 Å². The van der Waals surface area contributed by atoms with Gasteiger partial charge in [0.1, 0.15) is 0 Å². The van der Waals surface area contributed by atoms with Crippen LogP contribution in [0.2, 0.25) is 0 Å². The first-order valence-corrected chi connectivity index (χ1v) is 8.23. The zero-order chi connectivity index (χ0) is 17.2. The third-order valence-corrected chi connectivity index (χ3v) is 3.03. The normalized spacial score (nSPS) is 11.4. The molecule has 0 aromatic heterocycles. The number of hydrogen-bond acceptors (Lipinski definition) is 4. The fourth-order valence-electron chi connectivity index (χ4n) is 1.97. The van der Waals surface area contributed by atoms with Crippen molar-refractivity contribution in [3.05, 3.63) is 0 Å². The molecule has 0 amide bonds. The highest BCUT2D eigenvalue weighted by Crippen LogP contribution is 2.11. The van der Waals surface area contributed by atoms with Gasteiger partial charge in [0.25, 0.3) is 0 Å². The van der Waals surface area contributed by atoms with Gasteiger partial charge in [-0.3, -0.25) is 9.59 Å². The molecule has 0 aliphatic rings. The van der Waals surface area contributed by atoms with E-state index in [0.29, 0.717) is 12.8 Å². The summed E-state index contributed by atoms with van der Waals surface area (Å²) in [5.74, 6) is -1.40. The lowest BCUT2D eigenvalue weighted by Gasteiger charge is -2.01. The number of nitrogens with two attached hydrogens (primary N) is 1. The molecule has 5 N–H and O–H groups in total. The zero-order valence-corrected chi connectivity index (χ0v) is 13.8. The van der Waals surface area contributed by atoms with E-state index in [1.165, 1.54) is 32.6 Å². The van der Waals surface area contributed by atoms with E-state index >= 15 is 0 Å². The second-order valence-corrected chi connectivity index (χ2v) is 5.56. The summed E-state index contributed by atoms with van der Waals surface area (Å²) in [7, 11) is 0. The summed E-state index contributed by atoms with van der Waals surface area (Å²) in [6.07, 6.45) is 10.6. The Balaban J connectivity index is 0. The van der Waals surface area contributed by atoms with Crippen molar-refractivity contribution in [3.63, 3.8) is 0 Å². The van der Waals surface area contributed by atoms with Crippen molar-refractivity contribution < 1.29 is 24.9 Å². The third-order valence-electron chi connectivity index (χ3n) is 3.03. The lowest BCUT2D eigenvalue weighted by atomic mass is 10.1. The number of unbranched alkanes of at least 4 members (excludes halogenated alkanes) is 9. The number of carbonyl (C=O) groups is 2. The van der Waals surface area contributed by atoms with Crippen LogP contribution >= 0.6 is 0 Å². The van der Waals surface area contributed by atoms with E-state index in [1.807, 2.05) is 0 Å². The van der Waals surface area contributed by atoms with Gasteiger partial charge in [0.2, 0.25) is 0 Å². The smallest absolute Gasteiger partial charge is 0.303 e. The van der Waals surface area contributed by atoms with Crippen LogP contribution < -0.4 is 5.73 Å². The van der Waals surface area contributed by atoms with Crippen molar-refractivity contribution >= 4 is 11.9 Å². The van der Waals surface area contributed by atoms with Gasteiger partial charge in [0, 0.05) is 12.8 Å². The van der Waals surface area contributed by atoms with Crippen molar-refractivity contribution in [2.75, 3.05) is 0 Å². The van der Waals surface area contributed by atoms with Crippen molar-refractivity contribution in [2.24, 2.45) is 5.73 Å². The molecule has 0 radical (unpaired) electrons. The number of aliphatic hydroxyl groups excluding tert-OH is 1. The Morgan fingerprint density at radius 1 is 0.727 bits per heavy atom. The molecule has 0 saturated heterocycles. The van der Waals surface area contributed by atoms with Crippen LogP contribution in [0.4, 0.5) is 0 Å². The molecular weight excluding hydrogens is 286 g/mol. The lowest BCUT2D eigenvalue weighted by Crippen LogP contribution is -2.11. The average Bonchev–Trinajstić information content (AvgIpc) is 2.38. The van der Waals surface area contributed by atoms with Gasteiger partial charge in [-0.25, -0.2) is 0 Å². The minimum atomic E-state index is -0.698. The van der Waals surface area contributed by atoms with Crippen LogP contribution in [0, 0.1) is 0 Å². The van der Waals surface area contributed by atoms with E-state index in [1.54, 1.807) is 0 Å². The molecule has 132 valence electrons. The van der Waals surface area contributed by atoms with Gasteiger partial charge < -0.3 is 21.1 Å². The molecule has 0 saturated carbocycles. The van der Waals surface area contributed by atoms with E-state index in [0.717, 1.165) is 38.5 Å². The summed E-state index contributed by atoms with van der Waals surface area (Å²) in [5.41, 5.74) is 4.67. The van der Waals surface area contributed by atoms with Crippen LogP contribution in [0.15, 0.2) is 0 Å². The van der Waals surface area contributed by atoms with Crippen molar-refractivity contribution in [1.29, 1.82) is 0 Å². The van der Waals surface area contributed by atoms with E-state index in [-0.39, 0.29) is 0 Å². The molecular formula is C16H33NO5.